The molecule has 1 saturated heterocycles. The number of benzene rings is 5. The summed E-state index contributed by atoms with van der Waals surface area (Å²) in [5.74, 6) is 0. The highest BCUT2D eigenvalue weighted by molar-refractivity contribution is 6.62. The fourth-order valence-corrected chi connectivity index (χ4v) is 5.73. The molecule has 0 N–H and O–H groups in total. The van der Waals surface area contributed by atoms with E-state index in [0.29, 0.717) is 0 Å². The van der Waals surface area contributed by atoms with E-state index in [2.05, 4.69) is 154 Å². The van der Waals surface area contributed by atoms with Crippen LogP contribution in [0.15, 0.2) is 121 Å². The zero-order chi connectivity index (χ0) is 27.5. The van der Waals surface area contributed by atoms with E-state index in [1.807, 2.05) is 0 Å². The summed E-state index contributed by atoms with van der Waals surface area (Å²) in [5.41, 5.74) is 8.54. The van der Waals surface area contributed by atoms with Gasteiger partial charge in [0.25, 0.3) is 0 Å². The van der Waals surface area contributed by atoms with Crippen LogP contribution in [0.25, 0.3) is 49.7 Å². The lowest BCUT2D eigenvalue weighted by Gasteiger charge is -2.32. The molecule has 0 unspecified atom stereocenters. The third-order valence-corrected chi connectivity index (χ3v) is 8.63. The summed E-state index contributed by atoms with van der Waals surface area (Å²) in [6.45, 7) is 8.37. The van der Waals surface area contributed by atoms with Gasteiger partial charge < -0.3 is 13.9 Å². The Labute approximate surface area is 236 Å². The van der Waals surface area contributed by atoms with Crippen LogP contribution < -0.4 is 5.46 Å². The molecule has 0 aliphatic carbocycles. The number of nitrogens with zero attached hydrogens (tertiary/aromatic N) is 1. The molecule has 0 amide bonds. The summed E-state index contributed by atoms with van der Waals surface area (Å²) in [6, 6.07) is 43.4. The van der Waals surface area contributed by atoms with E-state index in [1.165, 1.54) is 32.9 Å². The Bertz CT molecular complexity index is 1850. The predicted molar refractivity (Wildman–Crippen MR) is 167 cm³/mol. The maximum atomic E-state index is 6.35. The highest BCUT2D eigenvalue weighted by Crippen LogP contribution is 2.38. The highest BCUT2D eigenvalue weighted by atomic mass is 16.7. The number of hydrogen-bond acceptors (Lipinski definition) is 2. The molecule has 1 aliphatic rings. The van der Waals surface area contributed by atoms with Crippen molar-refractivity contribution in [2.75, 3.05) is 0 Å². The van der Waals surface area contributed by atoms with E-state index in [-0.39, 0.29) is 18.3 Å². The zero-order valence-electron chi connectivity index (χ0n) is 23.4. The maximum Gasteiger partial charge on any atom is 0.494 e. The second-order valence-corrected chi connectivity index (χ2v) is 11.7. The van der Waals surface area contributed by atoms with Crippen molar-refractivity contribution in [3.63, 3.8) is 0 Å². The van der Waals surface area contributed by atoms with E-state index < -0.39 is 0 Å². The molecule has 1 aliphatic heterocycles. The lowest BCUT2D eigenvalue weighted by Crippen LogP contribution is -2.41. The molecular formula is C36H32BNO2. The molecule has 2 heterocycles. The summed E-state index contributed by atoms with van der Waals surface area (Å²) in [7, 11) is -0.388. The van der Waals surface area contributed by atoms with Gasteiger partial charge in [-0.2, -0.15) is 0 Å². The molecule has 4 heteroatoms. The van der Waals surface area contributed by atoms with Gasteiger partial charge in [-0.05, 0) is 79.7 Å². The van der Waals surface area contributed by atoms with E-state index in [1.54, 1.807) is 0 Å². The summed E-state index contributed by atoms with van der Waals surface area (Å²) in [6.07, 6.45) is 0. The van der Waals surface area contributed by atoms with Crippen molar-refractivity contribution in [3.8, 4) is 27.9 Å². The minimum absolute atomic E-state index is 0.373. The molecule has 0 atom stereocenters. The fourth-order valence-electron chi connectivity index (χ4n) is 5.73. The Kier molecular flexibility index (Phi) is 5.74. The molecule has 196 valence electrons. The molecule has 3 nitrogen and oxygen atoms in total. The summed E-state index contributed by atoms with van der Waals surface area (Å²) >= 11 is 0. The van der Waals surface area contributed by atoms with E-state index in [9.17, 15) is 0 Å². The highest BCUT2D eigenvalue weighted by Gasteiger charge is 2.51. The number of rotatable bonds is 4. The first-order chi connectivity index (χ1) is 19.3. The monoisotopic (exact) mass is 521 g/mol. The summed E-state index contributed by atoms with van der Waals surface area (Å²) in [5, 5.41) is 2.49. The van der Waals surface area contributed by atoms with Crippen molar-refractivity contribution in [2.24, 2.45) is 0 Å². The van der Waals surface area contributed by atoms with Crippen LogP contribution in [0, 0.1) is 0 Å². The van der Waals surface area contributed by atoms with Gasteiger partial charge in [0.1, 0.15) is 0 Å². The summed E-state index contributed by atoms with van der Waals surface area (Å²) < 4.78 is 15.1. The van der Waals surface area contributed by atoms with Crippen molar-refractivity contribution < 1.29 is 9.31 Å². The Morgan fingerprint density at radius 2 is 1.10 bits per heavy atom. The molecule has 6 aromatic rings. The van der Waals surface area contributed by atoms with Crippen molar-refractivity contribution in [2.45, 2.75) is 38.9 Å². The second-order valence-electron chi connectivity index (χ2n) is 11.7. The SMILES string of the molecule is CC1(C)OB(c2cccc(-c3ccc4c5ccccc5n(-c5cccc(-c6ccccc6)c5)c4c3)c2)OC1(C)C. The predicted octanol–water partition coefficient (Wildman–Crippen LogP) is 8.42. The normalized spacial score (nSPS) is 16.1. The number of fused-ring (bicyclic) bond motifs is 3. The van der Waals surface area contributed by atoms with Gasteiger partial charge in [0, 0.05) is 16.5 Å². The molecule has 1 aromatic heterocycles. The van der Waals surface area contributed by atoms with E-state index in [0.717, 1.165) is 22.3 Å². The Morgan fingerprint density at radius 3 is 1.88 bits per heavy atom. The van der Waals surface area contributed by atoms with Gasteiger partial charge in [0.2, 0.25) is 0 Å². The largest absolute Gasteiger partial charge is 0.494 e. The molecule has 0 spiro atoms. The van der Waals surface area contributed by atoms with Gasteiger partial charge in [0.05, 0.1) is 22.2 Å². The standard InChI is InChI=1S/C36H32BNO2/c1-35(2)36(3,4)40-37(39-35)29-16-10-14-26(22-29)28-20-21-32-31-18-8-9-19-33(31)38(34(32)24-28)30-17-11-15-27(23-30)25-12-6-5-7-13-25/h5-24H,1-4H3. The summed E-state index contributed by atoms with van der Waals surface area (Å²) in [4.78, 5) is 0. The molecule has 5 aromatic carbocycles. The van der Waals surface area contributed by atoms with Crippen LogP contribution in [0.5, 0.6) is 0 Å². The van der Waals surface area contributed by atoms with Gasteiger partial charge in [-0.15, -0.1) is 0 Å². The van der Waals surface area contributed by atoms with Crippen molar-refractivity contribution in [1.82, 2.24) is 4.57 Å². The first kappa shape index (κ1) is 24.9. The number of hydrogen-bond donors (Lipinski definition) is 0. The van der Waals surface area contributed by atoms with Crippen molar-refractivity contribution >= 4 is 34.4 Å². The van der Waals surface area contributed by atoms with Crippen LogP contribution in [0.3, 0.4) is 0 Å². The third kappa shape index (κ3) is 4.07. The first-order valence-corrected chi connectivity index (χ1v) is 14.0. The smallest absolute Gasteiger partial charge is 0.399 e. The topological polar surface area (TPSA) is 23.4 Å². The van der Waals surface area contributed by atoms with Crippen LogP contribution in [0.1, 0.15) is 27.7 Å². The average molecular weight is 521 g/mol. The van der Waals surface area contributed by atoms with Crippen molar-refractivity contribution in [3.05, 3.63) is 121 Å². The van der Waals surface area contributed by atoms with Crippen molar-refractivity contribution in [1.29, 1.82) is 0 Å². The van der Waals surface area contributed by atoms with Crippen LogP contribution in [-0.4, -0.2) is 22.9 Å². The molecular weight excluding hydrogens is 489 g/mol. The minimum atomic E-state index is -0.388. The molecule has 1 fully saturated rings. The zero-order valence-corrected chi connectivity index (χ0v) is 23.4. The first-order valence-electron chi connectivity index (χ1n) is 14.0. The van der Waals surface area contributed by atoms with E-state index in [4.69, 9.17) is 9.31 Å². The van der Waals surface area contributed by atoms with Crippen LogP contribution >= 0.6 is 0 Å². The Morgan fingerprint density at radius 1 is 0.500 bits per heavy atom. The average Bonchev–Trinajstić information content (AvgIpc) is 3.42. The fraction of sp³-hybridized carbons (Fsp3) is 0.167. The second kappa shape index (κ2) is 9.23. The van der Waals surface area contributed by atoms with Gasteiger partial charge in [-0.25, -0.2) is 0 Å². The molecule has 0 saturated carbocycles. The number of para-hydroxylation sites is 1. The van der Waals surface area contributed by atoms with Crippen LogP contribution in [0.4, 0.5) is 0 Å². The van der Waals surface area contributed by atoms with Crippen LogP contribution in [-0.2, 0) is 9.31 Å². The lowest BCUT2D eigenvalue weighted by molar-refractivity contribution is 0.00578. The van der Waals surface area contributed by atoms with Crippen LogP contribution in [0.2, 0.25) is 0 Å². The van der Waals surface area contributed by atoms with Gasteiger partial charge >= 0.3 is 7.12 Å². The van der Waals surface area contributed by atoms with Gasteiger partial charge in [-0.3, -0.25) is 0 Å². The number of aromatic nitrogens is 1. The molecule has 40 heavy (non-hydrogen) atoms. The quantitative estimate of drug-likeness (QED) is 0.218. The molecule has 7 rings (SSSR count). The van der Waals surface area contributed by atoms with E-state index >= 15 is 0 Å². The minimum Gasteiger partial charge on any atom is -0.399 e. The molecule has 0 bridgehead atoms. The Balaban J connectivity index is 1.36. The lowest BCUT2D eigenvalue weighted by atomic mass is 9.78. The molecule has 0 radical (unpaired) electrons. The Hall–Kier alpha value is -4.12. The van der Waals surface area contributed by atoms with Gasteiger partial charge in [0.15, 0.2) is 0 Å². The third-order valence-electron chi connectivity index (χ3n) is 8.63. The van der Waals surface area contributed by atoms with Gasteiger partial charge in [-0.1, -0.05) is 97.1 Å². The maximum absolute atomic E-state index is 6.35.